The highest BCUT2D eigenvalue weighted by atomic mass is 35.5. The van der Waals surface area contributed by atoms with Gasteiger partial charge in [-0.05, 0) is 19.9 Å². The van der Waals surface area contributed by atoms with Gasteiger partial charge < -0.3 is 10.6 Å². The zero-order valence-electron chi connectivity index (χ0n) is 15.3. The Morgan fingerprint density at radius 3 is 2.56 bits per heavy atom. The van der Waals surface area contributed by atoms with Gasteiger partial charge in [-0.1, -0.05) is 11.6 Å². The second-order valence-corrected chi connectivity index (χ2v) is 6.34. The Kier molecular flexibility index (Phi) is 5.00. The number of carbonyl (C=O) groups excluding carboxylic acids is 2. The zero-order valence-corrected chi connectivity index (χ0v) is 16.1. The van der Waals surface area contributed by atoms with Gasteiger partial charge >= 0.3 is 0 Å². The molecule has 10 nitrogen and oxygen atoms in total. The number of aryl methyl sites for hydroxylation is 2. The van der Waals surface area contributed by atoms with Crippen LogP contribution in [-0.4, -0.2) is 48.2 Å². The molecule has 3 rings (SSSR count). The van der Waals surface area contributed by atoms with Crippen molar-refractivity contribution in [1.82, 2.24) is 34.7 Å². The average molecular weight is 391 g/mol. The van der Waals surface area contributed by atoms with Crippen molar-refractivity contribution in [2.45, 2.75) is 20.5 Å². The Bertz CT molecular complexity index is 1020. The van der Waals surface area contributed by atoms with Crippen LogP contribution in [0.4, 0.5) is 5.69 Å². The van der Waals surface area contributed by atoms with Crippen molar-refractivity contribution >= 4 is 29.1 Å². The smallest absolute Gasteiger partial charge is 0.276 e. The van der Waals surface area contributed by atoms with E-state index in [0.29, 0.717) is 17.4 Å². The third-order valence-electron chi connectivity index (χ3n) is 3.96. The summed E-state index contributed by atoms with van der Waals surface area (Å²) >= 11 is 6.15. The molecular weight excluding hydrogens is 372 g/mol. The maximum Gasteiger partial charge on any atom is 0.276 e. The minimum Gasteiger partial charge on any atom is -0.354 e. The van der Waals surface area contributed by atoms with Crippen LogP contribution < -0.4 is 10.6 Å². The molecule has 142 valence electrons. The number of rotatable bonds is 5. The summed E-state index contributed by atoms with van der Waals surface area (Å²) in [5.74, 6) is -0.837. The molecule has 3 aromatic heterocycles. The van der Waals surface area contributed by atoms with Gasteiger partial charge in [0, 0.05) is 26.5 Å². The highest BCUT2D eigenvalue weighted by Crippen LogP contribution is 2.19. The third kappa shape index (κ3) is 3.70. The molecular formula is C16H19ClN8O2. The SMILES string of the molecule is CNC(=O)c1nn(C)cc1NC(=O)c1ccn(Cn2nc(C)c(Cl)c2C)n1. The lowest BCUT2D eigenvalue weighted by atomic mass is 10.3. The van der Waals surface area contributed by atoms with Gasteiger partial charge in [0.1, 0.15) is 6.67 Å². The van der Waals surface area contributed by atoms with E-state index in [2.05, 4.69) is 25.9 Å². The Morgan fingerprint density at radius 1 is 1.19 bits per heavy atom. The molecule has 0 saturated carbocycles. The summed E-state index contributed by atoms with van der Waals surface area (Å²) < 4.78 is 4.73. The highest BCUT2D eigenvalue weighted by Gasteiger charge is 2.19. The van der Waals surface area contributed by atoms with Crippen molar-refractivity contribution in [3.63, 3.8) is 0 Å². The summed E-state index contributed by atoms with van der Waals surface area (Å²) in [4.78, 5) is 24.3. The van der Waals surface area contributed by atoms with Crippen LogP contribution in [0.25, 0.3) is 0 Å². The summed E-state index contributed by atoms with van der Waals surface area (Å²) in [6, 6.07) is 1.58. The summed E-state index contributed by atoms with van der Waals surface area (Å²) in [6.45, 7) is 4.01. The van der Waals surface area contributed by atoms with Crippen molar-refractivity contribution in [3.05, 3.63) is 46.3 Å². The molecule has 27 heavy (non-hydrogen) atoms. The average Bonchev–Trinajstić information content (AvgIpc) is 3.30. The van der Waals surface area contributed by atoms with E-state index < -0.39 is 11.8 Å². The van der Waals surface area contributed by atoms with E-state index in [1.54, 1.807) is 34.9 Å². The van der Waals surface area contributed by atoms with Gasteiger partial charge in [-0.2, -0.15) is 15.3 Å². The van der Waals surface area contributed by atoms with E-state index in [-0.39, 0.29) is 11.4 Å². The van der Waals surface area contributed by atoms with E-state index in [9.17, 15) is 9.59 Å². The number of hydrogen-bond acceptors (Lipinski definition) is 5. The lowest BCUT2D eigenvalue weighted by Crippen LogP contribution is -2.22. The Labute approximate surface area is 160 Å². The monoisotopic (exact) mass is 390 g/mol. The largest absolute Gasteiger partial charge is 0.354 e. The predicted molar refractivity (Wildman–Crippen MR) is 98.9 cm³/mol. The summed E-state index contributed by atoms with van der Waals surface area (Å²) in [7, 11) is 3.16. The van der Waals surface area contributed by atoms with Crippen molar-refractivity contribution < 1.29 is 9.59 Å². The summed E-state index contributed by atoms with van der Waals surface area (Å²) in [6.07, 6.45) is 3.22. The van der Waals surface area contributed by atoms with Crippen LogP contribution in [0.3, 0.4) is 0 Å². The number of anilines is 1. The van der Waals surface area contributed by atoms with Gasteiger partial charge in [0.15, 0.2) is 11.4 Å². The molecule has 0 spiro atoms. The quantitative estimate of drug-likeness (QED) is 0.679. The van der Waals surface area contributed by atoms with Crippen LogP contribution in [-0.2, 0) is 13.7 Å². The first-order chi connectivity index (χ1) is 12.8. The van der Waals surface area contributed by atoms with Gasteiger partial charge in [0.25, 0.3) is 11.8 Å². The van der Waals surface area contributed by atoms with E-state index in [0.717, 1.165) is 11.4 Å². The molecule has 0 aliphatic heterocycles. The van der Waals surface area contributed by atoms with Crippen molar-refractivity contribution in [1.29, 1.82) is 0 Å². The lowest BCUT2D eigenvalue weighted by molar-refractivity contribution is 0.0958. The molecule has 0 radical (unpaired) electrons. The van der Waals surface area contributed by atoms with Crippen molar-refractivity contribution in [3.8, 4) is 0 Å². The number of halogens is 1. The predicted octanol–water partition coefficient (Wildman–Crippen LogP) is 1.20. The first-order valence-electron chi connectivity index (χ1n) is 8.10. The number of nitrogens with one attached hydrogen (secondary N) is 2. The normalized spacial score (nSPS) is 10.9. The molecule has 0 saturated heterocycles. The Balaban J connectivity index is 1.76. The zero-order chi connectivity index (χ0) is 19.7. The molecule has 0 aliphatic rings. The molecule has 2 amide bonds. The van der Waals surface area contributed by atoms with Crippen molar-refractivity contribution in [2.24, 2.45) is 7.05 Å². The minimum absolute atomic E-state index is 0.130. The topological polar surface area (TPSA) is 112 Å². The van der Waals surface area contributed by atoms with E-state index in [1.165, 1.54) is 11.7 Å². The molecule has 2 N–H and O–H groups in total. The van der Waals surface area contributed by atoms with Gasteiger partial charge in [-0.3, -0.25) is 19.0 Å². The van der Waals surface area contributed by atoms with E-state index >= 15 is 0 Å². The lowest BCUT2D eigenvalue weighted by Gasteiger charge is -2.05. The fraction of sp³-hybridized carbons (Fsp3) is 0.312. The molecule has 0 aromatic carbocycles. The molecule has 3 heterocycles. The van der Waals surface area contributed by atoms with Gasteiger partial charge in [0.2, 0.25) is 0 Å². The molecule has 11 heteroatoms. The van der Waals surface area contributed by atoms with Crippen LogP contribution in [0, 0.1) is 13.8 Å². The third-order valence-corrected chi connectivity index (χ3v) is 4.51. The standard InChI is InChI=1S/C16H19ClN8O2/c1-9-13(17)10(2)25(20-9)8-24-6-5-11(21-24)15(26)19-12-7-23(4)22-14(12)16(27)18-3/h5-7H,8H2,1-4H3,(H,18,27)(H,19,26). The van der Waals surface area contributed by atoms with Gasteiger partial charge in [-0.15, -0.1) is 0 Å². The maximum atomic E-state index is 12.5. The van der Waals surface area contributed by atoms with Crippen LogP contribution in [0.15, 0.2) is 18.5 Å². The number of aromatic nitrogens is 6. The molecule has 3 aromatic rings. The number of amides is 2. The van der Waals surface area contributed by atoms with E-state index in [4.69, 9.17) is 11.6 Å². The van der Waals surface area contributed by atoms with Crippen molar-refractivity contribution in [2.75, 3.05) is 12.4 Å². The van der Waals surface area contributed by atoms with Crippen LogP contribution in [0.2, 0.25) is 5.02 Å². The Hall–Kier alpha value is -3.14. The molecule has 0 fully saturated rings. The van der Waals surface area contributed by atoms with Crippen LogP contribution in [0.5, 0.6) is 0 Å². The second kappa shape index (κ2) is 7.23. The Morgan fingerprint density at radius 2 is 1.93 bits per heavy atom. The van der Waals surface area contributed by atoms with Gasteiger partial charge in [0.05, 0.1) is 22.1 Å². The fourth-order valence-electron chi connectivity index (χ4n) is 2.56. The number of nitrogens with zero attached hydrogens (tertiary/aromatic N) is 6. The summed E-state index contributed by atoms with van der Waals surface area (Å²) in [5.41, 5.74) is 2.19. The summed E-state index contributed by atoms with van der Waals surface area (Å²) in [5, 5.41) is 18.4. The first-order valence-corrected chi connectivity index (χ1v) is 8.48. The first kappa shape index (κ1) is 18.6. The van der Waals surface area contributed by atoms with Gasteiger partial charge in [-0.25, -0.2) is 4.68 Å². The van der Waals surface area contributed by atoms with Crippen LogP contribution >= 0.6 is 11.6 Å². The maximum absolute atomic E-state index is 12.5. The molecule has 0 bridgehead atoms. The fourth-order valence-corrected chi connectivity index (χ4v) is 2.70. The minimum atomic E-state index is -0.446. The molecule has 0 atom stereocenters. The number of carbonyl (C=O) groups is 2. The molecule has 0 unspecified atom stereocenters. The van der Waals surface area contributed by atoms with E-state index in [1.807, 2.05) is 13.8 Å². The number of hydrogen-bond donors (Lipinski definition) is 2. The highest BCUT2D eigenvalue weighted by molar-refractivity contribution is 6.31. The van der Waals surface area contributed by atoms with Crippen LogP contribution in [0.1, 0.15) is 32.4 Å². The second-order valence-electron chi connectivity index (χ2n) is 5.96. The molecule has 0 aliphatic carbocycles.